The molecule has 10 nitrogen and oxygen atoms in total. The second kappa shape index (κ2) is 11.1. The maximum Gasteiger partial charge on any atom is 0.267 e. The van der Waals surface area contributed by atoms with Crippen molar-refractivity contribution in [1.29, 1.82) is 0 Å². The molecule has 3 aromatic heterocycles. The predicted molar refractivity (Wildman–Crippen MR) is 152 cm³/mol. The standard InChI is InChI=1S/C30H26F2N6O4/c1-16(15-39)34-28-26-25(10-11-33-27(26)36-37-28)42-24-9-6-20(13-23(24)32)35-29(40)22-12-18(17-2-3-17)14-38(30(22)41)21-7-4-19(31)5-8-21/h4-14,16-17,39H,2-3,15H2,1H3,(H,35,40)(H2,33,34,36,37). The van der Waals surface area contributed by atoms with Crippen LogP contribution in [0.1, 0.15) is 41.6 Å². The number of pyridine rings is 2. The van der Waals surface area contributed by atoms with Crippen molar-refractivity contribution in [2.24, 2.45) is 0 Å². The first-order valence-corrected chi connectivity index (χ1v) is 13.3. The predicted octanol–water partition coefficient (Wildman–Crippen LogP) is 5.10. The molecule has 3 heterocycles. The molecule has 6 rings (SSSR count). The van der Waals surface area contributed by atoms with Crippen LogP contribution in [0.4, 0.5) is 20.3 Å². The van der Waals surface area contributed by atoms with Crippen molar-refractivity contribution in [1.82, 2.24) is 19.7 Å². The lowest BCUT2D eigenvalue weighted by Crippen LogP contribution is -2.28. The molecule has 42 heavy (non-hydrogen) atoms. The number of H-pyrrole nitrogens is 1. The number of rotatable bonds is 9. The van der Waals surface area contributed by atoms with Gasteiger partial charge in [0.1, 0.15) is 22.5 Å². The van der Waals surface area contributed by atoms with Crippen LogP contribution in [0.25, 0.3) is 16.7 Å². The van der Waals surface area contributed by atoms with Crippen LogP contribution in [-0.4, -0.2) is 43.4 Å². The van der Waals surface area contributed by atoms with E-state index in [0.29, 0.717) is 22.5 Å². The van der Waals surface area contributed by atoms with Gasteiger partial charge in [-0.2, -0.15) is 5.10 Å². The van der Waals surface area contributed by atoms with Crippen molar-refractivity contribution >= 4 is 28.4 Å². The van der Waals surface area contributed by atoms with Crippen molar-refractivity contribution in [2.45, 2.75) is 31.7 Å². The SMILES string of the molecule is CC(CO)Nc1n[nH]c2nccc(Oc3ccc(NC(=O)c4cc(C5CC5)cn(-c5ccc(F)cc5)c4=O)cc3F)c12. The minimum absolute atomic E-state index is 0.110. The number of hydrogen-bond acceptors (Lipinski definition) is 7. The molecule has 0 radical (unpaired) electrons. The van der Waals surface area contributed by atoms with Crippen LogP contribution in [0.3, 0.4) is 0 Å². The molecule has 214 valence electrons. The molecule has 0 saturated heterocycles. The summed E-state index contributed by atoms with van der Waals surface area (Å²) in [5.41, 5.74) is 1.09. The molecule has 1 aliphatic rings. The van der Waals surface area contributed by atoms with Gasteiger partial charge < -0.3 is 20.5 Å². The molecule has 1 atom stereocenters. The zero-order valence-electron chi connectivity index (χ0n) is 22.4. The average Bonchev–Trinajstić information content (AvgIpc) is 3.76. The van der Waals surface area contributed by atoms with Crippen LogP contribution in [0, 0.1) is 11.6 Å². The Morgan fingerprint density at radius 1 is 1.14 bits per heavy atom. The van der Waals surface area contributed by atoms with Crippen molar-refractivity contribution in [3.05, 3.63) is 100 Å². The summed E-state index contributed by atoms with van der Waals surface area (Å²) < 4.78 is 35.9. The third-order valence-electron chi connectivity index (χ3n) is 6.93. The van der Waals surface area contributed by atoms with Gasteiger partial charge >= 0.3 is 0 Å². The molecule has 1 aliphatic carbocycles. The third kappa shape index (κ3) is 5.44. The molecule has 1 saturated carbocycles. The highest BCUT2D eigenvalue weighted by molar-refractivity contribution is 6.04. The van der Waals surface area contributed by atoms with Crippen LogP contribution in [0.2, 0.25) is 0 Å². The van der Waals surface area contributed by atoms with Crippen LogP contribution < -0.4 is 20.9 Å². The van der Waals surface area contributed by atoms with Crippen LogP contribution in [-0.2, 0) is 0 Å². The van der Waals surface area contributed by atoms with Crippen molar-refractivity contribution < 1.29 is 23.4 Å². The van der Waals surface area contributed by atoms with Gasteiger partial charge in [0.05, 0.1) is 6.61 Å². The maximum atomic E-state index is 15.2. The number of amides is 1. The summed E-state index contributed by atoms with van der Waals surface area (Å²) in [7, 11) is 0. The van der Waals surface area contributed by atoms with E-state index in [4.69, 9.17) is 4.74 Å². The Morgan fingerprint density at radius 3 is 2.64 bits per heavy atom. The summed E-state index contributed by atoms with van der Waals surface area (Å²) in [5.74, 6) is -1.12. The molecule has 4 N–H and O–H groups in total. The van der Waals surface area contributed by atoms with E-state index >= 15 is 4.39 Å². The first-order valence-electron chi connectivity index (χ1n) is 13.3. The van der Waals surface area contributed by atoms with Crippen LogP contribution >= 0.6 is 0 Å². The first kappa shape index (κ1) is 27.1. The minimum atomic E-state index is -0.755. The molecular formula is C30H26F2N6O4. The average molecular weight is 573 g/mol. The molecule has 0 aliphatic heterocycles. The topological polar surface area (TPSA) is 134 Å². The fraction of sp³-hybridized carbons (Fsp3) is 0.200. The highest BCUT2D eigenvalue weighted by Crippen LogP contribution is 2.40. The van der Waals surface area contributed by atoms with Gasteiger partial charge in [-0.1, -0.05) is 0 Å². The van der Waals surface area contributed by atoms with Crippen molar-refractivity contribution in [2.75, 3.05) is 17.2 Å². The lowest BCUT2D eigenvalue weighted by Gasteiger charge is -2.13. The normalized spacial score (nSPS) is 13.6. The van der Waals surface area contributed by atoms with Crippen LogP contribution in [0.5, 0.6) is 11.5 Å². The van der Waals surface area contributed by atoms with E-state index in [1.165, 1.54) is 47.2 Å². The quantitative estimate of drug-likeness (QED) is 0.193. The maximum absolute atomic E-state index is 15.2. The number of anilines is 2. The summed E-state index contributed by atoms with van der Waals surface area (Å²) in [4.78, 5) is 30.7. The summed E-state index contributed by atoms with van der Waals surface area (Å²) in [5, 5.41) is 22.4. The van der Waals surface area contributed by atoms with Gasteiger partial charge in [-0.3, -0.25) is 19.3 Å². The molecular weight excluding hydrogens is 546 g/mol. The van der Waals surface area contributed by atoms with Crippen LogP contribution in [0.15, 0.2) is 71.8 Å². The molecule has 1 unspecified atom stereocenters. The second-order valence-electron chi connectivity index (χ2n) is 10.1. The van der Waals surface area contributed by atoms with E-state index in [1.54, 1.807) is 25.3 Å². The Labute approximate surface area is 238 Å². The van der Waals surface area contributed by atoms with E-state index in [0.717, 1.165) is 24.5 Å². The number of nitrogens with zero attached hydrogens (tertiary/aromatic N) is 3. The number of ether oxygens (including phenoxy) is 1. The van der Waals surface area contributed by atoms with E-state index in [-0.39, 0.29) is 41.3 Å². The fourth-order valence-electron chi connectivity index (χ4n) is 4.57. The number of aliphatic hydroxyl groups is 1. The van der Waals surface area contributed by atoms with Gasteiger partial charge in [0.15, 0.2) is 23.0 Å². The van der Waals surface area contributed by atoms with Crippen molar-refractivity contribution in [3.63, 3.8) is 0 Å². The largest absolute Gasteiger partial charge is 0.453 e. The molecule has 1 amide bonds. The lowest BCUT2D eigenvalue weighted by molar-refractivity contribution is 0.102. The minimum Gasteiger partial charge on any atom is -0.453 e. The van der Waals surface area contributed by atoms with Gasteiger partial charge in [0.2, 0.25) is 0 Å². The molecule has 1 fully saturated rings. The Morgan fingerprint density at radius 2 is 1.93 bits per heavy atom. The smallest absolute Gasteiger partial charge is 0.267 e. The van der Waals surface area contributed by atoms with E-state index in [9.17, 15) is 19.1 Å². The molecule has 12 heteroatoms. The highest BCUT2D eigenvalue weighted by Gasteiger charge is 2.27. The van der Waals surface area contributed by atoms with Gasteiger partial charge in [0, 0.05) is 41.9 Å². The number of hydrogen-bond donors (Lipinski definition) is 4. The number of carbonyl (C=O) groups is 1. The molecule has 0 spiro atoms. The summed E-state index contributed by atoms with van der Waals surface area (Å²) in [6.07, 6.45) is 5.04. The Bertz CT molecular complexity index is 1850. The van der Waals surface area contributed by atoms with Gasteiger partial charge in [-0.05, 0) is 73.7 Å². The monoisotopic (exact) mass is 572 g/mol. The molecule has 0 bridgehead atoms. The van der Waals surface area contributed by atoms with Gasteiger partial charge in [-0.15, -0.1) is 0 Å². The first-order chi connectivity index (χ1) is 20.3. The number of aromatic amines is 1. The van der Waals surface area contributed by atoms with Gasteiger partial charge in [-0.25, -0.2) is 13.8 Å². The number of carbonyl (C=O) groups excluding carboxylic acids is 1. The molecule has 2 aromatic carbocycles. The number of nitrogens with one attached hydrogen (secondary N) is 3. The number of benzene rings is 2. The number of fused-ring (bicyclic) bond motifs is 1. The zero-order chi connectivity index (χ0) is 29.4. The second-order valence-corrected chi connectivity index (χ2v) is 10.1. The number of aliphatic hydroxyl groups excluding tert-OH is 1. The zero-order valence-corrected chi connectivity index (χ0v) is 22.4. The van der Waals surface area contributed by atoms with Gasteiger partial charge in [0.25, 0.3) is 11.5 Å². The lowest BCUT2D eigenvalue weighted by atomic mass is 10.1. The third-order valence-corrected chi connectivity index (χ3v) is 6.93. The Hall–Kier alpha value is -5.10. The Kier molecular flexibility index (Phi) is 7.13. The highest BCUT2D eigenvalue weighted by atomic mass is 19.1. The Balaban J connectivity index is 1.26. The summed E-state index contributed by atoms with van der Waals surface area (Å²) in [6.45, 7) is 1.64. The van der Waals surface area contributed by atoms with E-state index < -0.39 is 23.1 Å². The molecule has 5 aromatic rings. The fourth-order valence-corrected chi connectivity index (χ4v) is 4.57. The summed E-state index contributed by atoms with van der Waals surface area (Å²) >= 11 is 0. The van der Waals surface area contributed by atoms with E-state index in [2.05, 4.69) is 25.8 Å². The number of aromatic nitrogens is 4. The van der Waals surface area contributed by atoms with E-state index in [1.807, 2.05) is 0 Å². The number of halogens is 2. The van der Waals surface area contributed by atoms with Crippen molar-refractivity contribution in [3.8, 4) is 17.2 Å². The summed E-state index contributed by atoms with van der Waals surface area (Å²) in [6, 6.07) is 12.2.